The quantitative estimate of drug-likeness (QED) is 0.729. The van der Waals surface area contributed by atoms with Crippen LogP contribution in [0.4, 0.5) is 4.39 Å². The van der Waals surface area contributed by atoms with E-state index in [-0.39, 0.29) is 5.82 Å². The van der Waals surface area contributed by atoms with Gasteiger partial charge in [-0.25, -0.2) is 4.39 Å². The number of aryl methyl sites for hydroxylation is 1. The van der Waals surface area contributed by atoms with E-state index in [0.29, 0.717) is 5.56 Å². The first-order valence-corrected chi connectivity index (χ1v) is 6.34. The lowest BCUT2D eigenvalue weighted by Gasteiger charge is -2.09. The van der Waals surface area contributed by atoms with Crippen molar-refractivity contribution in [2.24, 2.45) is 0 Å². The maximum atomic E-state index is 13.7. The maximum Gasteiger partial charge on any atom is 0.131 e. The summed E-state index contributed by atoms with van der Waals surface area (Å²) in [5.41, 5.74) is 2.84. The minimum absolute atomic E-state index is 0.162. The predicted octanol–water partition coefficient (Wildman–Crippen LogP) is 4.43. The molecule has 0 aliphatic carbocycles. The molecule has 16 heavy (non-hydrogen) atoms. The molecule has 2 aromatic carbocycles. The lowest BCUT2D eigenvalue weighted by atomic mass is 9.98. The summed E-state index contributed by atoms with van der Waals surface area (Å²) in [7, 11) is 0. The van der Waals surface area contributed by atoms with Gasteiger partial charge in [0.2, 0.25) is 0 Å². The summed E-state index contributed by atoms with van der Waals surface area (Å²) in [5, 5.41) is 0.887. The van der Waals surface area contributed by atoms with Gasteiger partial charge in [-0.1, -0.05) is 58.4 Å². The Morgan fingerprint density at radius 1 is 0.875 bits per heavy atom. The molecule has 0 radical (unpaired) electrons. The summed E-state index contributed by atoms with van der Waals surface area (Å²) in [6.07, 6.45) is 0.907. The fourth-order valence-electron chi connectivity index (χ4n) is 1.78. The van der Waals surface area contributed by atoms with Crippen LogP contribution in [0.15, 0.2) is 48.5 Å². The maximum absolute atomic E-state index is 13.7. The number of alkyl halides is 1. The summed E-state index contributed by atoms with van der Waals surface area (Å²) in [6.45, 7) is 0. The highest BCUT2D eigenvalue weighted by atomic mass is 79.9. The lowest BCUT2D eigenvalue weighted by molar-refractivity contribution is 0.631. The van der Waals surface area contributed by atoms with Crippen LogP contribution >= 0.6 is 15.9 Å². The van der Waals surface area contributed by atoms with Gasteiger partial charge in [-0.05, 0) is 23.6 Å². The van der Waals surface area contributed by atoms with Crippen molar-refractivity contribution in [3.05, 3.63) is 59.9 Å². The molecule has 0 heterocycles. The van der Waals surface area contributed by atoms with E-state index < -0.39 is 0 Å². The second-order valence-electron chi connectivity index (χ2n) is 3.58. The molecule has 0 atom stereocenters. The normalized spacial score (nSPS) is 10.4. The third-order valence-corrected chi connectivity index (χ3v) is 2.94. The number of hydrogen-bond acceptors (Lipinski definition) is 0. The zero-order valence-electron chi connectivity index (χ0n) is 8.79. The van der Waals surface area contributed by atoms with Crippen molar-refractivity contribution < 1.29 is 4.39 Å². The minimum Gasteiger partial charge on any atom is -0.206 e. The molecule has 0 bridgehead atoms. The van der Waals surface area contributed by atoms with E-state index in [9.17, 15) is 4.39 Å². The summed E-state index contributed by atoms with van der Waals surface area (Å²) in [5.74, 6) is -0.162. The molecule has 2 aromatic rings. The van der Waals surface area contributed by atoms with Gasteiger partial charge >= 0.3 is 0 Å². The molecule has 0 aliphatic rings. The van der Waals surface area contributed by atoms with Crippen molar-refractivity contribution >= 4 is 15.9 Å². The summed E-state index contributed by atoms with van der Waals surface area (Å²) in [6, 6.07) is 14.8. The highest BCUT2D eigenvalue weighted by Gasteiger charge is 2.07. The van der Waals surface area contributed by atoms with Gasteiger partial charge in [0.25, 0.3) is 0 Å². The zero-order chi connectivity index (χ0) is 11.4. The Balaban J connectivity index is 2.51. The number of rotatable bonds is 3. The fraction of sp³-hybridized carbons (Fsp3) is 0.143. The van der Waals surface area contributed by atoms with Gasteiger partial charge in [-0.15, -0.1) is 0 Å². The van der Waals surface area contributed by atoms with Gasteiger partial charge in [0.05, 0.1) is 0 Å². The summed E-state index contributed by atoms with van der Waals surface area (Å²) >= 11 is 3.42. The van der Waals surface area contributed by atoms with Crippen molar-refractivity contribution in [1.82, 2.24) is 0 Å². The van der Waals surface area contributed by atoms with Crippen LogP contribution in [0.5, 0.6) is 0 Å². The number of hydrogen-bond donors (Lipinski definition) is 0. The number of halogens is 2. The monoisotopic (exact) mass is 278 g/mol. The standard InChI is InChI=1S/C14H12BrF/c15-10-9-11-5-1-2-6-12(11)13-7-3-4-8-14(13)16/h1-8H,9-10H2. The molecule has 0 N–H and O–H groups in total. The van der Waals surface area contributed by atoms with Crippen LogP contribution in [-0.4, -0.2) is 5.33 Å². The van der Waals surface area contributed by atoms with Crippen LogP contribution in [0, 0.1) is 5.82 Å². The highest BCUT2D eigenvalue weighted by molar-refractivity contribution is 9.09. The molecule has 0 unspecified atom stereocenters. The van der Waals surface area contributed by atoms with Crippen LogP contribution in [0.2, 0.25) is 0 Å². The lowest BCUT2D eigenvalue weighted by Crippen LogP contribution is -1.92. The van der Waals surface area contributed by atoms with Crippen molar-refractivity contribution in [3.63, 3.8) is 0 Å². The first-order chi connectivity index (χ1) is 7.83. The van der Waals surface area contributed by atoms with Gasteiger partial charge in [0.15, 0.2) is 0 Å². The molecule has 0 amide bonds. The Morgan fingerprint density at radius 3 is 2.19 bits per heavy atom. The topological polar surface area (TPSA) is 0 Å². The van der Waals surface area contributed by atoms with E-state index in [1.54, 1.807) is 6.07 Å². The van der Waals surface area contributed by atoms with E-state index in [2.05, 4.69) is 15.9 Å². The van der Waals surface area contributed by atoms with Crippen LogP contribution < -0.4 is 0 Å². The molecule has 0 fully saturated rings. The molecule has 0 saturated heterocycles. The van der Waals surface area contributed by atoms with E-state index in [1.807, 2.05) is 36.4 Å². The van der Waals surface area contributed by atoms with Crippen molar-refractivity contribution in [2.45, 2.75) is 6.42 Å². The molecule has 2 heteroatoms. The van der Waals surface area contributed by atoms with Crippen LogP contribution in [0.25, 0.3) is 11.1 Å². The molecular weight excluding hydrogens is 267 g/mol. The minimum atomic E-state index is -0.162. The molecule has 0 aromatic heterocycles. The van der Waals surface area contributed by atoms with Crippen molar-refractivity contribution in [2.75, 3.05) is 5.33 Å². The highest BCUT2D eigenvalue weighted by Crippen LogP contribution is 2.26. The fourth-order valence-corrected chi connectivity index (χ4v) is 2.21. The summed E-state index contributed by atoms with van der Waals surface area (Å²) in [4.78, 5) is 0. The molecular formula is C14H12BrF. The summed E-state index contributed by atoms with van der Waals surface area (Å²) < 4.78 is 13.7. The third kappa shape index (κ3) is 2.33. The van der Waals surface area contributed by atoms with Crippen LogP contribution in [0.3, 0.4) is 0 Å². The second kappa shape index (κ2) is 5.26. The van der Waals surface area contributed by atoms with Gasteiger partial charge in [0.1, 0.15) is 5.82 Å². The van der Waals surface area contributed by atoms with Gasteiger partial charge in [0, 0.05) is 10.9 Å². The van der Waals surface area contributed by atoms with Gasteiger partial charge < -0.3 is 0 Å². The van der Waals surface area contributed by atoms with Crippen molar-refractivity contribution in [3.8, 4) is 11.1 Å². The Hall–Kier alpha value is -1.15. The average molecular weight is 279 g/mol. The smallest absolute Gasteiger partial charge is 0.131 e. The second-order valence-corrected chi connectivity index (χ2v) is 4.37. The van der Waals surface area contributed by atoms with E-state index >= 15 is 0 Å². The Kier molecular flexibility index (Phi) is 3.73. The van der Waals surface area contributed by atoms with E-state index in [4.69, 9.17) is 0 Å². The predicted molar refractivity (Wildman–Crippen MR) is 69.3 cm³/mol. The Morgan fingerprint density at radius 2 is 1.50 bits per heavy atom. The zero-order valence-corrected chi connectivity index (χ0v) is 10.4. The molecule has 0 spiro atoms. The molecule has 2 rings (SSSR count). The first-order valence-electron chi connectivity index (χ1n) is 5.21. The van der Waals surface area contributed by atoms with E-state index in [1.165, 1.54) is 11.6 Å². The SMILES string of the molecule is Fc1ccccc1-c1ccccc1CCBr. The van der Waals surface area contributed by atoms with Gasteiger partial charge in [-0.3, -0.25) is 0 Å². The molecule has 0 nitrogen and oxygen atoms in total. The third-order valence-electron chi connectivity index (χ3n) is 2.55. The molecule has 0 saturated carbocycles. The van der Waals surface area contributed by atoms with E-state index in [0.717, 1.165) is 17.3 Å². The molecule has 82 valence electrons. The Bertz CT molecular complexity index is 480. The van der Waals surface area contributed by atoms with Crippen LogP contribution in [-0.2, 0) is 6.42 Å². The van der Waals surface area contributed by atoms with Crippen molar-refractivity contribution in [1.29, 1.82) is 0 Å². The van der Waals surface area contributed by atoms with Crippen LogP contribution in [0.1, 0.15) is 5.56 Å². The largest absolute Gasteiger partial charge is 0.206 e. The number of benzene rings is 2. The first kappa shape index (κ1) is 11.3. The molecule has 0 aliphatic heterocycles. The van der Waals surface area contributed by atoms with Gasteiger partial charge in [-0.2, -0.15) is 0 Å². The average Bonchev–Trinajstić information content (AvgIpc) is 2.31. The Labute approximate surface area is 103 Å².